The SMILES string of the molecule is CSc1cc(F)cc(C(O)C(=O)O)c1F. The van der Waals surface area contributed by atoms with Crippen molar-refractivity contribution in [3.63, 3.8) is 0 Å². The maximum absolute atomic E-state index is 13.5. The highest BCUT2D eigenvalue weighted by molar-refractivity contribution is 7.98. The van der Waals surface area contributed by atoms with Crippen LogP contribution in [0.2, 0.25) is 0 Å². The third-order valence-corrected chi connectivity index (χ3v) is 2.52. The van der Waals surface area contributed by atoms with Gasteiger partial charge >= 0.3 is 5.97 Å². The lowest BCUT2D eigenvalue weighted by Crippen LogP contribution is -2.13. The summed E-state index contributed by atoms with van der Waals surface area (Å²) < 4.78 is 26.4. The van der Waals surface area contributed by atoms with Crippen molar-refractivity contribution in [3.05, 3.63) is 29.3 Å². The van der Waals surface area contributed by atoms with Gasteiger partial charge in [-0.3, -0.25) is 0 Å². The fourth-order valence-corrected chi connectivity index (χ4v) is 1.59. The lowest BCUT2D eigenvalue weighted by molar-refractivity contribution is -0.147. The topological polar surface area (TPSA) is 57.5 Å². The first-order chi connectivity index (χ1) is 6.97. The molecular formula is C9H8F2O3S. The van der Waals surface area contributed by atoms with Crippen LogP contribution in [0.15, 0.2) is 17.0 Å². The average Bonchev–Trinajstić information content (AvgIpc) is 2.19. The van der Waals surface area contributed by atoms with E-state index in [0.717, 1.165) is 17.8 Å². The van der Waals surface area contributed by atoms with E-state index in [2.05, 4.69) is 0 Å². The third-order valence-electron chi connectivity index (χ3n) is 1.78. The van der Waals surface area contributed by atoms with Crippen LogP contribution >= 0.6 is 11.8 Å². The molecule has 15 heavy (non-hydrogen) atoms. The number of halogens is 2. The molecule has 0 fully saturated rings. The van der Waals surface area contributed by atoms with Crippen LogP contribution in [-0.4, -0.2) is 22.4 Å². The lowest BCUT2D eigenvalue weighted by Gasteiger charge is -2.09. The number of carbonyl (C=O) groups is 1. The molecule has 0 aliphatic heterocycles. The van der Waals surface area contributed by atoms with Crippen LogP contribution in [0.5, 0.6) is 0 Å². The summed E-state index contributed by atoms with van der Waals surface area (Å²) in [5.41, 5.74) is -0.563. The number of aliphatic hydroxyl groups is 1. The first kappa shape index (κ1) is 11.9. The van der Waals surface area contributed by atoms with E-state index >= 15 is 0 Å². The molecule has 3 nitrogen and oxygen atoms in total. The Morgan fingerprint density at radius 3 is 2.53 bits per heavy atom. The standard InChI is InChI=1S/C9H8F2O3S/c1-15-6-3-4(10)2-5(7(6)11)8(12)9(13)14/h2-3,8,12H,1H3,(H,13,14). The minimum Gasteiger partial charge on any atom is -0.479 e. The summed E-state index contributed by atoms with van der Waals surface area (Å²) in [6, 6.07) is 1.62. The molecule has 0 aliphatic rings. The number of aliphatic carboxylic acids is 1. The number of thioether (sulfide) groups is 1. The first-order valence-corrected chi connectivity index (χ1v) is 5.13. The summed E-state index contributed by atoms with van der Waals surface area (Å²) in [5.74, 6) is -3.30. The molecule has 1 aromatic carbocycles. The summed E-state index contributed by atoms with van der Waals surface area (Å²) in [4.78, 5) is 10.4. The molecule has 0 bridgehead atoms. The third kappa shape index (κ3) is 2.45. The van der Waals surface area contributed by atoms with Gasteiger partial charge in [0, 0.05) is 10.5 Å². The van der Waals surface area contributed by atoms with Gasteiger partial charge in [-0.25, -0.2) is 13.6 Å². The Kier molecular flexibility index (Phi) is 3.65. The van der Waals surface area contributed by atoms with Gasteiger partial charge in [0.05, 0.1) is 0 Å². The van der Waals surface area contributed by atoms with E-state index in [4.69, 9.17) is 10.2 Å². The highest BCUT2D eigenvalue weighted by Gasteiger charge is 2.22. The molecule has 1 rings (SSSR count). The highest BCUT2D eigenvalue weighted by Crippen LogP contribution is 2.27. The minimum atomic E-state index is -2.05. The molecule has 1 aromatic rings. The van der Waals surface area contributed by atoms with Crippen LogP contribution in [0.3, 0.4) is 0 Å². The number of aliphatic hydroxyl groups excluding tert-OH is 1. The fourth-order valence-electron chi connectivity index (χ4n) is 1.06. The summed E-state index contributed by atoms with van der Waals surface area (Å²) in [6.07, 6.45) is -0.527. The molecule has 6 heteroatoms. The highest BCUT2D eigenvalue weighted by atomic mass is 32.2. The monoisotopic (exact) mass is 234 g/mol. The Morgan fingerprint density at radius 1 is 1.47 bits per heavy atom. The maximum Gasteiger partial charge on any atom is 0.337 e. The number of rotatable bonds is 3. The zero-order valence-corrected chi connectivity index (χ0v) is 8.52. The molecule has 0 aromatic heterocycles. The molecule has 82 valence electrons. The molecule has 0 spiro atoms. The van der Waals surface area contributed by atoms with Crippen LogP contribution in [0.1, 0.15) is 11.7 Å². The second-order valence-electron chi connectivity index (χ2n) is 2.75. The number of hydrogen-bond donors (Lipinski definition) is 2. The van der Waals surface area contributed by atoms with Gasteiger partial charge in [0.2, 0.25) is 0 Å². The van der Waals surface area contributed by atoms with Gasteiger partial charge in [-0.2, -0.15) is 0 Å². The first-order valence-electron chi connectivity index (χ1n) is 3.91. The van der Waals surface area contributed by atoms with E-state index in [9.17, 15) is 13.6 Å². The molecule has 0 saturated carbocycles. The molecule has 0 heterocycles. The molecule has 2 N–H and O–H groups in total. The van der Waals surface area contributed by atoms with E-state index in [1.54, 1.807) is 0 Å². The molecule has 0 aliphatic carbocycles. The predicted octanol–water partition coefficient (Wildman–Crippen LogP) is 1.80. The summed E-state index contributed by atoms with van der Waals surface area (Å²) in [5, 5.41) is 17.6. The molecule has 0 radical (unpaired) electrons. The number of carboxylic acids is 1. The van der Waals surface area contributed by atoms with Crippen LogP contribution in [-0.2, 0) is 4.79 Å². The summed E-state index contributed by atoms with van der Waals surface area (Å²) >= 11 is 0.934. The van der Waals surface area contributed by atoms with E-state index in [1.165, 1.54) is 6.26 Å². The fraction of sp³-hybridized carbons (Fsp3) is 0.222. The predicted molar refractivity (Wildman–Crippen MR) is 50.7 cm³/mol. The molecule has 0 saturated heterocycles. The molecule has 0 amide bonds. The normalized spacial score (nSPS) is 12.5. The second kappa shape index (κ2) is 4.59. The lowest BCUT2D eigenvalue weighted by atomic mass is 10.1. The second-order valence-corrected chi connectivity index (χ2v) is 3.60. The summed E-state index contributed by atoms with van der Waals surface area (Å²) in [6.45, 7) is 0. The Labute approximate surface area is 88.7 Å². The quantitative estimate of drug-likeness (QED) is 0.783. The average molecular weight is 234 g/mol. The van der Waals surface area contributed by atoms with Crippen molar-refractivity contribution in [1.29, 1.82) is 0 Å². The van der Waals surface area contributed by atoms with Gasteiger partial charge in [0.15, 0.2) is 6.10 Å². The van der Waals surface area contributed by atoms with Crippen LogP contribution in [0.25, 0.3) is 0 Å². The Bertz CT molecular complexity index is 395. The summed E-state index contributed by atoms with van der Waals surface area (Å²) in [7, 11) is 0. The Balaban J connectivity index is 3.28. The van der Waals surface area contributed by atoms with Crippen molar-refractivity contribution < 1.29 is 23.8 Å². The van der Waals surface area contributed by atoms with Gasteiger partial charge in [-0.05, 0) is 18.4 Å². The smallest absolute Gasteiger partial charge is 0.337 e. The van der Waals surface area contributed by atoms with Crippen molar-refractivity contribution >= 4 is 17.7 Å². The van der Waals surface area contributed by atoms with Crippen molar-refractivity contribution in [1.82, 2.24) is 0 Å². The van der Waals surface area contributed by atoms with Crippen LogP contribution in [0, 0.1) is 11.6 Å². The van der Waals surface area contributed by atoms with Gasteiger partial charge in [-0.15, -0.1) is 11.8 Å². The van der Waals surface area contributed by atoms with E-state index in [1.807, 2.05) is 0 Å². The van der Waals surface area contributed by atoms with Gasteiger partial charge < -0.3 is 10.2 Å². The van der Waals surface area contributed by atoms with Crippen molar-refractivity contribution in [2.75, 3.05) is 6.26 Å². The van der Waals surface area contributed by atoms with E-state index in [-0.39, 0.29) is 4.90 Å². The van der Waals surface area contributed by atoms with Crippen molar-refractivity contribution in [3.8, 4) is 0 Å². The van der Waals surface area contributed by atoms with Gasteiger partial charge in [-0.1, -0.05) is 0 Å². The number of hydrogen-bond acceptors (Lipinski definition) is 3. The zero-order chi connectivity index (χ0) is 11.6. The number of carboxylic acid groups (broad SMARTS) is 1. The van der Waals surface area contributed by atoms with Crippen LogP contribution < -0.4 is 0 Å². The van der Waals surface area contributed by atoms with Crippen molar-refractivity contribution in [2.24, 2.45) is 0 Å². The minimum absolute atomic E-state index is 0.0368. The van der Waals surface area contributed by atoms with Gasteiger partial charge in [0.25, 0.3) is 0 Å². The van der Waals surface area contributed by atoms with Crippen molar-refractivity contribution in [2.45, 2.75) is 11.0 Å². The van der Waals surface area contributed by atoms with E-state index < -0.39 is 29.3 Å². The van der Waals surface area contributed by atoms with Crippen LogP contribution in [0.4, 0.5) is 8.78 Å². The Hall–Kier alpha value is -1.14. The largest absolute Gasteiger partial charge is 0.479 e. The van der Waals surface area contributed by atoms with E-state index in [0.29, 0.717) is 6.07 Å². The molecular weight excluding hydrogens is 226 g/mol. The maximum atomic E-state index is 13.5. The zero-order valence-electron chi connectivity index (χ0n) is 7.70. The molecule has 1 atom stereocenters. The Morgan fingerprint density at radius 2 is 2.07 bits per heavy atom. The number of benzene rings is 1. The van der Waals surface area contributed by atoms with Gasteiger partial charge in [0.1, 0.15) is 11.6 Å². The molecule has 1 unspecified atom stereocenters.